The molecule has 0 atom stereocenters. The minimum absolute atomic E-state index is 0.159. The lowest BCUT2D eigenvalue weighted by molar-refractivity contribution is -0.132. The fourth-order valence-electron chi connectivity index (χ4n) is 4.91. The minimum atomic E-state index is -0.694. The number of hydrazone groups is 1. The second-order valence-electron chi connectivity index (χ2n) is 10.1. The molecular weight excluding hydrogens is 706 g/mol. The monoisotopic (exact) mass is 731 g/mol. The second kappa shape index (κ2) is 13.5. The fraction of sp³-hybridized carbons (Fsp3) is 0.118. The second-order valence-corrected chi connectivity index (χ2v) is 11.9. The molecule has 1 aromatic heterocycles. The number of hydrogen-bond donors (Lipinski definition) is 2. The van der Waals surface area contributed by atoms with Crippen molar-refractivity contribution in [2.45, 2.75) is 20.8 Å². The van der Waals surface area contributed by atoms with Gasteiger partial charge in [-0.25, -0.2) is 10.2 Å². The van der Waals surface area contributed by atoms with E-state index >= 15 is 0 Å². The molecule has 9 nitrogen and oxygen atoms in total. The van der Waals surface area contributed by atoms with Crippen molar-refractivity contribution in [3.8, 4) is 28.4 Å². The van der Waals surface area contributed by atoms with Crippen LogP contribution in [0.2, 0.25) is 0 Å². The van der Waals surface area contributed by atoms with Crippen molar-refractivity contribution in [3.05, 3.63) is 110 Å². The number of halogens is 2. The number of methoxy groups -OCH3 is 1. The summed E-state index contributed by atoms with van der Waals surface area (Å²) in [7, 11) is 1.40. The van der Waals surface area contributed by atoms with E-state index in [0.29, 0.717) is 20.2 Å². The molecule has 1 amide bonds. The van der Waals surface area contributed by atoms with E-state index in [1.807, 2.05) is 44.2 Å². The van der Waals surface area contributed by atoms with Crippen molar-refractivity contribution >= 4 is 66.8 Å². The number of nitrogens with one attached hydrogen (secondary N) is 2. The first kappa shape index (κ1) is 31.7. The zero-order valence-electron chi connectivity index (χ0n) is 24.7. The SMILES string of the molecule is COc1cc(C(=O)Oc2c(Br)cc(Br)cc2C=NNC(=O)c2[nH]c3c(C)cc(C)cc3c2-c2ccccc2)ccc1OC(C)=O. The average molecular weight is 733 g/mol. The first-order chi connectivity index (χ1) is 21.5. The van der Waals surface area contributed by atoms with Gasteiger partial charge in [0.15, 0.2) is 17.2 Å². The van der Waals surface area contributed by atoms with Gasteiger partial charge in [-0.3, -0.25) is 9.59 Å². The molecular formula is C34H27Br2N3O6. The molecule has 0 radical (unpaired) electrons. The molecule has 2 N–H and O–H groups in total. The van der Waals surface area contributed by atoms with E-state index < -0.39 is 17.8 Å². The summed E-state index contributed by atoms with van der Waals surface area (Å²) in [4.78, 5) is 41.4. The van der Waals surface area contributed by atoms with Crippen molar-refractivity contribution in [2.24, 2.45) is 5.10 Å². The number of fused-ring (bicyclic) bond motifs is 1. The quantitative estimate of drug-likeness (QED) is 0.0725. The van der Waals surface area contributed by atoms with Gasteiger partial charge in [0, 0.05) is 33.4 Å². The van der Waals surface area contributed by atoms with Gasteiger partial charge in [-0.05, 0) is 77.3 Å². The highest BCUT2D eigenvalue weighted by Gasteiger charge is 2.21. The van der Waals surface area contributed by atoms with Gasteiger partial charge in [0.05, 0.1) is 23.4 Å². The van der Waals surface area contributed by atoms with Crippen LogP contribution in [0.15, 0.2) is 86.8 Å². The Morgan fingerprint density at radius 1 is 0.911 bits per heavy atom. The van der Waals surface area contributed by atoms with E-state index in [4.69, 9.17) is 14.2 Å². The Kier molecular flexibility index (Phi) is 9.50. The summed E-state index contributed by atoms with van der Waals surface area (Å²) in [5.74, 6) is -1.12. The third-order valence-electron chi connectivity index (χ3n) is 6.79. The number of carbonyl (C=O) groups is 3. The molecule has 4 aromatic carbocycles. The van der Waals surface area contributed by atoms with E-state index in [-0.39, 0.29) is 22.8 Å². The predicted octanol–water partition coefficient (Wildman–Crippen LogP) is 7.89. The van der Waals surface area contributed by atoms with Gasteiger partial charge >= 0.3 is 11.9 Å². The third-order valence-corrected chi connectivity index (χ3v) is 7.84. The molecule has 0 unspecified atom stereocenters. The normalized spacial score (nSPS) is 11.1. The molecule has 0 bridgehead atoms. The van der Waals surface area contributed by atoms with Gasteiger partial charge in [0.1, 0.15) is 5.69 Å². The van der Waals surface area contributed by atoms with E-state index in [9.17, 15) is 14.4 Å². The maximum Gasteiger partial charge on any atom is 0.343 e. The van der Waals surface area contributed by atoms with E-state index in [2.05, 4.69) is 59.5 Å². The molecule has 5 aromatic rings. The number of amides is 1. The van der Waals surface area contributed by atoms with Crippen molar-refractivity contribution in [3.63, 3.8) is 0 Å². The van der Waals surface area contributed by atoms with Crippen LogP contribution in [-0.4, -0.2) is 36.2 Å². The molecule has 11 heteroatoms. The average Bonchev–Trinajstić information content (AvgIpc) is 3.39. The maximum absolute atomic E-state index is 13.5. The number of aryl methyl sites for hydroxylation is 2. The van der Waals surface area contributed by atoms with Crippen molar-refractivity contribution < 1.29 is 28.6 Å². The van der Waals surface area contributed by atoms with E-state index in [0.717, 1.165) is 33.2 Å². The van der Waals surface area contributed by atoms with Crippen molar-refractivity contribution in [2.75, 3.05) is 7.11 Å². The molecule has 5 rings (SSSR count). The molecule has 0 aliphatic rings. The number of H-pyrrole nitrogens is 1. The van der Waals surface area contributed by atoms with Crippen LogP contribution in [0, 0.1) is 13.8 Å². The van der Waals surface area contributed by atoms with Crippen LogP contribution in [0.1, 0.15) is 44.5 Å². The zero-order valence-corrected chi connectivity index (χ0v) is 27.8. The van der Waals surface area contributed by atoms with Gasteiger partial charge in [-0.15, -0.1) is 0 Å². The zero-order chi connectivity index (χ0) is 32.2. The Balaban J connectivity index is 1.43. The number of esters is 2. The van der Waals surface area contributed by atoms with Gasteiger partial charge in [-0.2, -0.15) is 5.10 Å². The number of aromatic amines is 1. The van der Waals surface area contributed by atoms with Crippen molar-refractivity contribution in [1.29, 1.82) is 0 Å². The lowest BCUT2D eigenvalue weighted by atomic mass is 9.99. The molecule has 0 saturated carbocycles. The Morgan fingerprint density at radius 3 is 2.38 bits per heavy atom. The number of nitrogens with zero attached hydrogens (tertiary/aromatic N) is 1. The van der Waals surface area contributed by atoms with Gasteiger partial charge < -0.3 is 19.2 Å². The summed E-state index contributed by atoms with van der Waals surface area (Å²) in [6, 6.07) is 21.5. The summed E-state index contributed by atoms with van der Waals surface area (Å²) in [5, 5.41) is 5.15. The van der Waals surface area contributed by atoms with E-state index in [1.165, 1.54) is 38.4 Å². The molecule has 0 fully saturated rings. The van der Waals surface area contributed by atoms with Crippen LogP contribution in [0.4, 0.5) is 0 Å². The summed E-state index contributed by atoms with van der Waals surface area (Å²) in [6.45, 7) is 5.29. The Bertz CT molecular complexity index is 1990. The van der Waals surface area contributed by atoms with Crippen LogP contribution >= 0.6 is 31.9 Å². The lowest BCUT2D eigenvalue weighted by Crippen LogP contribution is -2.19. The van der Waals surface area contributed by atoms with Gasteiger partial charge in [-0.1, -0.05) is 57.9 Å². The van der Waals surface area contributed by atoms with Gasteiger partial charge in [0.25, 0.3) is 5.91 Å². The Hall–Kier alpha value is -4.74. The smallest absolute Gasteiger partial charge is 0.343 e. The van der Waals surface area contributed by atoms with Crippen LogP contribution in [0.25, 0.3) is 22.0 Å². The number of hydrogen-bond acceptors (Lipinski definition) is 7. The number of ether oxygens (including phenoxy) is 3. The first-order valence-corrected chi connectivity index (χ1v) is 15.2. The highest BCUT2D eigenvalue weighted by Crippen LogP contribution is 2.36. The lowest BCUT2D eigenvalue weighted by Gasteiger charge is -2.12. The number of benzene rings is 4. The molecule has 0 aliphatic heterocycles. The summed E-state index contributed by atoms with van der Waals surface area (Å²) in [5.41, 5.74) is 8.19. The molecule has 45 heavy (non-hydrogen) atoms. The highest BCUT2D eigenvalue weighted by atomic mass is 79.9. The number of carbonyl (C=O) groups excluding carboxylic acids is 3. The van der Waals surface area contributed by atoms with Crippen LogP contribution < -0.4 is 19.6 Å². The van der Waals surface area contributed by atoms with Crippen LogP contribution in [-0.2, 0) is 4.79 Å². The van der Waals surface area contributed by atoms with E-state index in [1.54, 1.807) is 12.1 Å². The molecule has 0 saturated heterocycles. The predicted molar refractivity (Wildman–Crippen MR) is 179 cm³/mol. The largest absolute Gasteiger partial charge is 0.493 e. The van der Waals surface area contributed by atoms with Gasteiger partial charge in [0.2, 0.25) is 0 Å². The molecule has 228 valence electrons. The summed E-state index contributed by atoms with van der Waals surface area (Å²) >= 11 is 6.89. The topological polar surface area (TPSA) is 119 Å². The summed E-state index contributed by atoms with van der Waals surface area (Å²) < 4.78 is 17.3. The molecule has 1 heterocycles. The maximum atomic E-state index is 13.5. The highest BCUT2D eigenvalue weighted by molar-refractivity contribution is 9.11. The Morgan fingerprint density at radius 2 is 1.67 bits per heavy atom. The minimum Gasteiger partial charge on any atom is -0.493 e. The molecule has 0 aliphatic carbocycles. The Labute approximate surface area is 275 Å². The third kappa shape index (κ3) is 7.00. The first-order valence-electron chi connectivity index (χ1n) is 13.6. The van der Waals surface area contributed by atoms with Crippen molar-refractivity contribution in [1.82, 2.24) is 10.4 Å². The standard InChI is InChI=1S/C34H27Br2N3O6/c1-18-12-19(2)30-25(13-18)29(21-8-6-5-7-9-21)31(38-30)33(41)39-37-17-23-14-24(35)16-26(36)32(23)45-34(42)22-10-11-27(44-20(3)40)28(15-22)43-4/h5-17,38H,1-4H3,(H,39,41). The number of rotatable bonds is 8. The fourth-order valence-corrected chi connectivity index (χ4v) is 6.25. The number of aromatic nitrogens is 1. The summed E-state index contributed by atoms with van der Waals surface area (Å²) in [6.07, 6.45) is 1.39. The molecule has 0 spiro atoms. The van der Waals surface area contributed by atoms with Crippen LogP contribution in [0.5, 0.6) is 17.2 Å². The van der Waals surface area contributed by atoms with Crippen LogP contribution in [0.3, 0.4) is 0 Å².